The Morgan fingerprint density at radius 2 is 1.15 bits per heavy atom. The molecule has 0 aliphatic carbocycles. The van der Waals surface area contributed by atoms with Gasteiger partial charge in [0.1, 0.15) is 11.6 Å². The molecule has 0 amide bonds. The maximum atomic E-state index is 11.4. The molecular formula is C23H23NO3. The smallest absolute Gasteiger partial charge is 0.323 e. The first-order valence-electron chi connectivity index (χ1n) is 8.88. The largest absolute Gasteiger partial charge is 0.480 e. The van der Waals surface area contributed by atoms with Gasteiger partial charge in [-0.2, -0.15) is 0 Å². The van der Waals surface area contributed by atoms with Crippen LogP contribution in [0, 0.1) is 0 Å². The topological polar surface area (TPSA) is 72.5 Å². The van der Waals surface area contributed by atoms with Gasteiger partial charge >= 0.3 is 5.97 Å². The third kappa shape index (κ3) is 3.77. The summed E-state index contributed by atoms with van der Waals surface area (Å²) in [5.74, 6) is -1.09. The molecule has 0 spiro atoms. The number of hydrogen-bond acceptors (Lipinski definition) is 3. The highest BCUT2D eigenvalue weighted by Gasteiger charge is 2.40. The van der Waals surface area contributed by atoms with Gasteiger partial charge in [0.2, 0.25) is 0 Å². The molecule has 0 saturated heterocycles. The lowest BCUT2D eigenvalue weighted by molar-refractivity contribution is -0.144. The van der Waals surface area contributed by atoms with E-state index in [4.69, 9.17) is 10.5 Å². The third-order valence-corrected chi connectivity index (χ3v) is 4.69. The van der Waals surface area contributed by atoms with Gasteiger partial charge in [-0.05, 0) is 23.6 Å². The monoisotopic (exact) mass is 361 g/mol. The van der Waals surface area contributed by atoms with Crippen LogP contribution in [0.3, 0.4) is 0 Å². The first-order chi connectivity index (χ1) is 13.1. The van der Waals surface area contributed by atoms with Gasteiger partial charge in [-0.25, -0.2) is 0 Å². The van der Waals surface area contributed by atoms with Crippen molar-refractivity contribution < 1.29 is 14.6 Å². The number of benzene rings is 3. The SMILES string of the molecule is C[C@@H](OC(c1ccccc1)(c1ccccc1)c1ccccc1)[C@H](N)C(=O)O. The molecule has 0 aliphatic heterocycles. The number of carboxylic acids is 1. The van der Waals surface area contributed by atoms with E-state index in [1.54, 1.807) is 6.92 Å². The fourth-order valence-corrected chi connectivity index (χ4v) is 3.28. The second kappa shape index (κ2) is 8.16. The third-order valence-electron chi connectivity index (χ3n) is 4.69. The van der Waals surface area contributed by atoms with Gasteiger partial charge in [-0.15, -0.1) is 0 Å². The number of ether oxygens (including phenoxy) is 1. The predicted molar refractivity (Wildman–Crippen MR) is 105 cm³/mol. The molecule has 3 aromatic rings. The number of hydrogen-bond donors (Lipinski definition) is 2. The Labute approximate surface area is 159 Å². The molecule has 4 heteroatoms. The Bertz CT molecular complexity index is 769. The number of carboxylic acid groups (broad SMARTS) is 1. The normalized spacial score (nSPS) is 13.7. The van der Waals surface area contributed by atoms with Crippen molar-refractivity contribution >= 4 is 5.97 Å². The summed E-state index contributed by atoms with van der Waals surface area (Å²) in [6.07, 6.45) is -0.719. The molecular weight excluding hydrogens is 338 g/mol. The lowest BCUT2D eigenvalue weighted by Crippen LogP contribution is -2.47. The Morgan fingerprint density at radius 3 is 1.44 bits per heavy atom. The Balaban J connectivity index is 2.24. The first kappa shape index (κ1) is 18.8. The fourth-order valence-electron chi connectivity index (χ4n) is 3.28. The maximum absolute atomic E-state index is 11.4. The second-order valence-electron chi connectivity index (χ2n) is 6.47. The summed E-state index contributed by atoms with van der Waals surface area (Å²) in [6, 6.07) is 28.3. The average molecular weight is 361 g/mol. The van der Waals surface area contributed by atoms with Crippen LogP contribution in [-0.4, -0.2) is 23.2 Å². The van der Waals surface area contributed by atoms with Gasteiger partial charge in [0.05, 0.1) is 6.10 Å². The van der Waals surface area contributed by atoms with E-state index in [2.05, 4.69) is 0 Å². The van der Waals surface area contributed by atoms with Crippen molar-refractivity contribution in [1.29, 1.82) is 0 Å². The van der Waals surface area contributed by atoms with E-state index in [-0.39, 0.29) is 0 Å². The lowest BCUT2D eigenvalue weighted by atomic mass is 9.79. The van der Waals surface area contributed by atoms with Crippen molar-refractivity contribution in [2.75, 3.05) is 0 Å². The van der Waals surface area contributed by atoms with E-state index in [1.807, 2.05) is 91.0 Å². The molecule has 3 N–H and O–H groups in total. The Hall–Kier alpha value is -2.95. The molecule has 3 aromatic carbocycles. The molecule has 3 rings (SSSR count). The summed E-state index contributed by atoms with van der Waals surface area (Å²) in [5, 5.41) is 9.36. The van der Waals surface area contributed by atoms with Gasteiger partial charge in [0.15, 0.2) is 0 Å². The molecule has 27 heavy (non-hydrogen) atoms. The van der Waals surface area contributed by atoms with E-state index in [0.29, 0.717) is 0 Å². The van der Waals surface area contributed by atoms with Gasteiger partial charge in [0.25, 0.3) is 0 Å². The van der Waals surface area contributed by atoms with Crippen molar-refractivity contribution in [3.05, 3.63) is 108 Å². The van der Waals surface area contributed by atoms with Crippen molar-refractivity contribution in [1.82, 2.24) is 0 Å². The molecule has 0 aromatic heterocycles. The molecule has 4 nitrogen and oxygen atoms in total. The molecule has 0 heterocycles. The first-order valence-corrected chi connectivity index (χ1v) is 8.88. The zero-order valence-corrected chi connectivity index (χ0v) is 15.2. The summed E-state index contributed by atoms with van der Waals surface area (Å²) < 4.78 is 6.51. The summed E-state index contributed by atoms with van der Waals surface area (Å²) in [5.41, 5.74) is 7.63. The molecule has 0 bridgehead atoms. The van der Waals surface area contributed by atoms with Crippen LogP contribution in [-0.2, 0) is 15.1 Å². The van der Waals surface area contributed by atoms with Crippen molar-refractivity contribution in [2.45, 2.75) is 24.7 Å². The van der Waals surface area contributed by atoms with Gasteiger partial charge in [-0.3, -0.25) is 4.79 Å². The highest BCUT2D eigenvalue weighted by Crippen LogP contribution is 2.41. The van der Waals surface area contributed by atoms with E-state index < -0.39 is 23.7 Å². The standard InChI is InChI=1S/C23H23NO3/c1-17(21(24)22(25)26)27-23(18-11-5-2-6-12-18,19-13-7-3-8-14-19)20-15-9-4-10-16-20/h2-17,21H,24H2,1H3,(H,25,26)/t17-,21+/m1/s1. The van der Waals surface area contributed by atoms with E-state index in [9.17, 15) is 9.90 Å². The molecule has 0 fully saturated rings. The summed E-state index contributed by atoms with van der Waals surface area (Å²) in [6.45, 7) is 1.70. The van der Waals surface area contributed by atoms with Crippen LogP contribution >= 0.6 is 0 Å². The van der Waals surface area contributed by atoms with Crippen LogP contribution in [0.1, 0.15) is 23.6 Å². The minimum absolute atomic E-state index is 0.719. The molecule has 0 radical (unpaired) electrons. The van der Waals surface area contributed by atoms with Crippen LogP contribution in [0.5, 0.6) is 0 Å². The predicted octanol–water partition coefficient (Wildman–Crippen LogP) is 3.80. The van der Waals surface area contributed by atoms with Crippen LogP contribution in [0.25, 0.3) is 0 Å². The van der Waals surface area contributed by atoms with Crippen molar-refractivity contribution in [2.24, 2.45) is 5.73 Å². The highest BCUT2D eigenvalue weighted by atomic mass is 16.5. The molecule has 0 unspecified atom stereocenters. The quantitative estimate of drug-likeness (QED) is 0.628. The number of nitrogens with two attached hydrogens (primary N) is 1. The number of carbonyl (C=O) groups is 1. The van der Waals surface area contributed by atoms with E-state index in [1.165, 1.54) is 0 Å². The minimum atomic E-state index is -1.14. The molecule has 0 aliphatic rings. The fraction of sp³-hybridized carbons (Fsp3) is 0.174. The Morgan fingerprint density at radius 1 is 0.815 bits per heavy atom. The Kier molecular flexibility index (Phi) is 5.69. The van der Waals surface area contributed by atoms with Crippen molar-refractivity contribution in [3.8, 4) is 0 Å². The molecule has 2 atom stereocenters. The van der Waals surface area contributed by atoms with E-state index >= 15 is 0 Å². The second-order valence-corrected chi connectivity index (χ2v) is 6.47. The lowest BCUT2D eigenvalue weighted by Gasteiger charge is -2.39. The number of aliphatic carboxylic acids is 1. The number of rotatable bonds is 7. The van der Waals surface area contributed by atoms with Gasteiger partial charge < -0.3 is 15.6 Å². The molecule has 0 saturated carbocycles. The summed E-state index contributed by atoms with van der Waals surface area (Å²) in [4.78, 5) is 11.4. The van der Waals surface area contributed by atoms with Crippen molar-refractivity contribution in [3.63, 3.8) is 0 Å². The van der Waals surface area contributed by atoms with Crippen LogP contribution in [0.2, 0.25) is 0 Å². The van der Waals surface area contributed by atoms with Gasteiger partial charge in [-0.1, -0.05) is 91.0 Å². The van der Waals surface area contributed by atoms with Crippen LogP contribution in [0.4, 0.5) is 0 Å². The van der Waals surface area contributed by atoms with Gasteiger partial charge in [0, 0.05) is 0 Å². The summed E-state index contributed by atoms with van der Waals surface area (Å²) >= 11 is 0. The van der Waals surface area contributed by atoms with Crippen LogP contribution in [0.15, 0.2) is 91.0 Å². The van der Waals surface area contributed by atoms with E-state index in [0.717, 1.165) is 16.7 Å². The average Bonchev–Trinajstić information content (AvgIpc) is 2.73. The minimum Gasteiger partial charge on any atom is -0.480 e. The summed E-state index contributed by atoms with van der Waals surface area (Å²) in [7, 11) is 0. The zero-order chi connectivity index (χ0) is 19.3. The highest BCUT2D eigenvalue weighted by molar-refractivity contribution is 5.73. The van der Waals surface area contributed by atoms with Crippen LogP contribution < -0.4 is 5.73 Å². The maximum Gasteiger partial charge on any atom is 0.323 e. The zero-order valence-electron chi connectivity index (χ0n) is 15.2. The molecule has 138 valence electrons.